The molecule has 25 heteroatoms. The van der Waals surface area contributed by atoms with Gasteiger partial charge in [0.1, 0.15) is 29.9 Å². The molecule has 0 radical (unpaired) electrons. The number of nitrogen functional groups attached to an aromatic ring is 1. The van der Waals surface area contributed by atoms with Crippen LogP contribution in [0.5, 0.6) is 0 Å². The summed E-state index contributed by atoms with van der Waals surface area (Å²) in [7, 11) is -2.59. The Morgan fingerprint density at radius 2 is 1.84 bits per heavy atom. The number of alkyl halides is 2. The molecule has 18 nitrogen and oxygen atoms in total. The monoisotopic (exact) mass is 729 g/mol. The van der Waals surface area contributed by atoms with E-state index in [9.17, 15) is 24.5 Å². The molecule has 45 heavy (non-hydrogen) atoms. The first kappa shape index (κ1) is 32.7. The number of fused-ring (bicyclic) bond motifs is 2. The van der Waals surface area contributed by atoms with Crippen LogP contribution in [0.4, 0.5) is 14.7 Å². The average molecular weight is 730 g/mol. The number of anilines is 1. The van der Waals surface area contributed by atoms with E-state index in [4.69, 9.17) is 35.8 Å². The van der Waals surface area contributed by atoms with E-state index in [0.29, 0.717) is 0 Å². The van der Waals surface area contributed by atoms with E-state index >= 15 is 8.78 Å². The Balaban J connectivity index is 1.20. The predicted molar refractivity (Wildman–Crippen MR) is 162 cm³/mol. The minimum atomic E-state index is -4.35. The van der Waals surface area contributed by atoms with E-state index in [1.54, 1.807) is 0 Å². The Kier molecular flexibility index (Phi) is 9.24. The maximum atomic E-state index is 15.8. The van der Waals surface area contributed by atoms with Gasteiger partial charge in [-0.15, -0.1) is 11.8 Å². The van der Waals surface area contributed by atoms with Crippen LogP contribution in [0.2, 0.25) is 0 Å². The van der Waals surface area contributed by atoms with Crippen molar-refractivity contribution >= 4 is 77.5 Å². The van der Waals surface area contributed by atoms with Gasteiger partial charge in [0.25, 0.3) is 11.1 Å². The summed E-state index contributed by atoms with van der Waals surface area (Å²) in [6.07, 6.45) is -6.64. The Bertz CT molecular complexity index is 1930. The molecule has 6 rings (SSSR count). The van der Waals surface area contributed by atoms with Gasteiger partial charge in [-0.2, -0.15) is 4.98 Å². The van der Waals surface area contributed by atoms with Gasteiger partial charge in [-0.25, -0.2) is 23.7 Å². The third-order valence-electron chi connectivity index (χ3n) is 6.95. The molecule has 2 aliphatic rings. The number of hydrogen-bond acceptors (Lipinski definition) is 15. The quantitative estimate of drug-likeness (QED) is 0.113. The lowest BCUT2D eigenvalue weighted by atomic mass is 10.1. The van der Waals surface area contributed by atoms with Crippen LogP contribution in [0.1, 0.15) is 11.6 Å². The largest absolute Gasteiger partial charge is 0.387 e. The predicted octanol–water partition coefficient (Wildman–Crippen LogP) is -0.483. The summed E-state index contributed by atoms with van der Waals surface area (Å²) >= 11 is 10.8. The lowest BCUT2D eigenvalue weighted by Gasteiger charge is -2.27. The lowest BCUT2D eigenvalue weighted by Crippen LogP contribution is -2.33. The van der Waals surface area contributed by atoms with Crippen molar-refractivity contribution in [2.75, 3.05) is 18.9 Å². The second-order valence-corrected chi connectivity index (χ2v) is 15.8. The van der Waals surface area contributed by atoms with Crippen molar-refractivity contribution in [3.63, 3.8) is 0 Å². The van der Waals surface area contributed by atoms with Crippen molar-refractivity contribution in [2.45, 2.75) is 47.5 Å². The highest BCUT2D eigenvalue weighted by atomic mass is 32.5. The highest BCUT2D eigenvalue weighted by molar-refractivity contribution is 8.07. The van der Waals surface area contributed by atoms with Crippen LogP contribution in [0, 0.1) is 0 Å². The van der Waals surface area contributed by atoms with E-state index in [-0.39, 0.29) is 34.9 Å². The van der Waals surface area contributed by atoms with Gasteiger partial charge < -0.3 is 39.4 Å². The molecule has 4 aromatic rings. The number of thioether (sulfide) groups is 1. The molecule has 2 unspecified atom stereocenters. The number of aromatic nitrogens is 8. The number of nitrogens with two attached hydrogens (primary N) is 1. The number of aromatic amines is 2. The molecule has 0 spiro atoms. The van der Waals surface area contributed by atoms with Gasteiger partial charge in [-0.3, -0.25) is 28.2 Å². The minimum Gasteiger partial charge on any atom is -0.387 e. The second-order valence-electron chi connectivity index (χ2n) is 9.75. The summed E-state index contributed by atoms with van der Waals surface area (Å²) in [4.78, 5) is 65.3. The molecule has 6 heterocycles. The Morgan fingerprint density at radius 1 is 1.13 bits per heavy atom. The fourth-order valence-corrected chi connectivity index (χ4v) is 8.52. The Labute approximate surface area is 264 Å². The Hall–Kier alpha value is -2.27. The summed E-state index contributed by atoms with van der Waals surface area (Å²) in [5.74, 6) is -0.230. The van der Waals surface area contributed by atoms with E-state index in [1.165, 1.54) is 10.9 Å². The minimum absolute atomic E-state index is 0.00357. The van der Waals surface area contributed by atoms with Crippen LogP contribution >= 0.6 is 25.6 Å². The number of aliphatic hydroxyl groups is 1. The third kappa shape index (κ3) is 6.36. The number of H-pyrrole nitrogens is 2. The fourth-order valence-electron chi connectivity index (χ4n) is 4.91. The van der Waals surface area contributed by atoms with Crippen LogP contribution in [-0.2, 0) is 41.9 Å². The fraction of sp³-hybridized carbons (Fsp3) is 0.500. The number of ether oxygens (including phenoxy) is 1. The smallest absolute Gasteiger partial charge is 0.325 e. The topological polar surface area (TPSA) is 251 Å². The average Bonchev–Trinajstić information content (AvgIpc) is 3.73. The van der Waals surface area contributed by atoms with E-state index in [1.807, 2.05) is 0 Å². The van der Waals surface area contributed by atoms with E-state index < -0.39 is 79.1 Å². The zero-order valence-corrected chi connectivity index (χ0v) is 26.6. The molecule has 10 atom stereocenters. The molecule has 244 valence electrons. The molecule has 0 saturated carbocycles. The number of nitrogens with one attached hydrogen (secondary N) is 2. The maximum absolute atomic E-state index is 15.8. The zero-order chi connectivity index (χ0) is 32.2. The molecular weight excluding hydrogens is 706 g/mol. The zero-order valence-electron chi connectivity index (χ0n) is 22.2. The summed E-state index contributed by atoms with van der Waals surface area (Å²) in [6.45, 7) is -5.34. The molecule has 2 saturated heterocycles. The van der Waals surface area contributed by atoms with E-state index in [0.717, 1.165) is 29.0 Å². The number of rotatable bonds is 10. The summed E-state index contributed by atoms with van der Waals surface area (Å²) in [5.41, 5.74) is 4.30. The molecule has 4 aromatic heterocycles. The van der Waals surface area contributed by atoms with Crippen LogP contribution in [-0.4, -0.2) is 103 Å². The van der Waals surface area contributed by atoms with Gasteiger partial charge in [0.15, 0.2) is 41.9 Å². The first-order valence-corrected chi connectivity index (χ1v) is 18.8. The van der Waals surface area contributed by atoms with Gasteiger partial charge in [0.2, 0.25) is 5.95 Å². The van der Waals surface area contributed by atoms with Crippen molar-refractivity contribution in [2.24, 2.45) is 0 Å². The number of nitrogens with zero attached hydrogens (tertiary/aromatic N) is 6. The van der Waals surface area contributed by atoms with Gasteiger partial charge in [0, 0.05) is 0 Å². The lowest BCUT2D eigenvalue weighted by molar-refractivity contribution is -0.0460. The van der Waals surface area contributed by atoms with Crippen LogP contribution in [0.15, 0.2) is 28.6 Å². The maximum Gasteiger partial charge on any atom is 0.325 e. The molecule has 0 aliphatic carbocycles. The molecule has 7 N–H and O–H groups in total. The van der Waals surface area contributed by atoms with Crippen LogP contribution in [0.3, 0.4) is 0 Å². The highest BCUT2D eigenvalue weighted by Crippen LogP contribution is 2.55. The van der Waals surface area contributed by atoms with Crippen molar-refractivity contribution < 1.29 is 42.0 Å². The van der Waals surface area contributed by atoms with Gasteiger partial charge in [-0.1, -0.05) is 0 Å². The van der Waals surface area contributed by atoms with E-state index in [2.05, 4.69) is 41.7 Å². The van der Waals surface area contributed by atoms with Crippen molar-refractivity contribution in [3.05, 3.63) is 39.7 Å². The first-order chi connectivity index (χ1) is 21.3. The summed E-state index contributed by atoms with van der Waals surface area (Å²) in [5, 5.41) is 8.48. The summed E-state index contributed by atoms with van der Waals surface area (Å²) < 4.78 is 55.1. The molecule has 2 aliphatic heterocycles. The molecule has 2 fully saturated rings. The number of halogens is 2. The summed E-state index contributed by atoms with van der Waals surface area (Å²) in [6, 6.07) is 0. The number of imidazole rings is 2. The third-order valence-corrected chi connectivity index (χ3v) is 10.8. The van der Waals surface area contributed by atoms with Crippen molar-refractivity contribution in [1.29, 1.82) is 0 Å². The first-order valence-electron chi connectivity index (χ1n) is 12.8. The van der Waals surface area contributed by atoms with Gasteiger partial charge >= 0.3 is 6.72 Å². The standard InChI is InChI=1S/C20H23F2N9O9P2S3/c21-8-7(2-37-41(35)43)45-19(31-5-27-11-15(31)28-20(23)29-17(11)34)13(8)40-42(36,44)38-1-6-12(32)9(22)18(39-6)30-4-26-10-14(30)24-3-25-16(10)33/h3-9,12-13,18-19,32,41H,1-2H2,(H,35,43)(H,36,44)(H,24,25,33)(H3,23,28,29,34)/t6-,7-,8-,9+,12-,13-,18-,19-,42?/m1/s1. The number of aliphatic hydroxyl groups excluding tert-OH is 1. The van der Waals surface area contributed by atoms with Crippen molar-refractivity contribution in [3.8, 4) is 0 Å². The van der Waals surface area contributed by atoms with Crippen molar-refractivity contribution in [1.82, 2.24) is 39.0 Å². The second kappa shape index (κ2) is 12.7. The van der Waals surface area contributed by atoms with Gasteiger partial charge in [0.05, 0.1) is 37.4 Å². The molecule has 0 bridgehead atoms. The Morgan fingerprint density at radius 3 is 2.58 bits per heavy atom. The van der Waals surface area contributed by atoms with Crippen LogP contribution < -0.4 is 16.9 Å². The highest BCUT2D eigenvalue weighted by Gasteiger charge is 2.50. The normalized spacial score (nSPS) is 30.7. The van der Waals surface area contributed by atoms with Gasteiger partial charge in [-0.05, 0) is 23.6 Å². The molecular formula is C20H23F2N9O9P2S3. The number of hydrogen-bond donors (Lipinski definition) is 6. The van der Waals surface area contributed by atoms with Crippen LogP contribution in [0.25, 0.3) is 22.3 Å². The molecule has 0 amide bonds. The molecule has 0 aromatic carbocycles. The SMILES string of the molecule is Nc1nc2c(ncn2[C@@H]2S[C@H](CO[PH](O)=S)[C@@H](F)[C@H]2OP(O)(=S)OC[C@H]2O[C@@H](n3cnc4c(=O)[nH]cnc43)[C@@H](F)[C@@H]2O)c(=O)[nH]1.